The molecule has 1 aliphatic rings. The molecule has 4 bridgehead atoms. The van der Waals surface area contributed by atoms with E-state index >= 15 is 0 Å². The molecule has 1 unspecified atom stereocenters. The monoisotopic (exact) mass is 352 g/mol. The van der Waals surface area contributed by atoms with E-state index in [4.69, 9.17) is 0 Å². The summed E-state index contributed by atoms with van der Waals surface area (Å²) in [5.41, 5.74) is 3.83. The maximum Gasteiger partial charge on any atom is 0.326 e. The Labute approximate surface area is 151 Å². The van der Waals surface area contributed by atoms with Crippen LogP contribution in [-0.4, -0.2) is 35.5 Å². The van der Waals surface area contributed by atoms with E-state index in [9.17, 15) is 19.5 Å². The average molecular weight is 352 g/mol. The minimum absolute atomic E-state index is 0.169. The van der Waals surface area contributed by atoms with E-state index in [1.165, 1.54) is 0 Å². The van der Waals surface area contributed by atoms with Crippen LogP contribution in [0, 0.1) is 0 Å². The summed E-state index contributed by atoms with van der Waals surface area (Å²) in [5, 5.41) is 14.4. The fourth-order valence-electron chi connectivity index (χ4n) is 2.99. The van der Waals surface area contributed by atoms with Crippen molar-refractivity contribution in [3.05, 3.63) is 59.7 Å². The molecule has 2 aromatic rings. The van der Waals surface area contributed by atoms with Crippen molar-refractivity contribution >= 4 is 17.8 Å². The number of aryl methyl sites for hydroxylation is 1. The lowest BCUT2D eigenvalue weighted by atomic mass is 9.97. The summed E-state index contributed by atoms with van der Waals surface area (Å²) in [6.07, 6.45) is 1.00. The Bertz CT molecular complexity index is 847. The second-order valence-corrected chi connectivity index (χ2v) is 6.34. The highest BCUT2D eigenvalue weighted by Crippen LogP contribution is 2.23. The molecule has 0 aromatic heterocycles. The van der Waals surface area contributed by atoms with E-state index in [1.54, 1.807) is 0 Å². The molecular formula is C20H20N2O4. The van der Waals surface area contributed by atoms with Crippen LogP contribution in [0.2, 0.25) is 0 Å². The third-order valence-corrected chi connectivity index (χ3v) is 4.35. The Balaban J connectivity index is 1.97. The molecule has 1 atom stereocenters. The minimum atomic E-state index is -1.11. The Hall–Kier alpha value is -3.15. The highest BCUT2D eigenvalue weighted by atomic mass is 16.4. The number of rotatable bonds is 1. The quantitative estimate of drug-likeness (QED) is 0.725. The van der Waals surface area contributed by atoms with E-state index in [0.29, 0.717) is 6.42 Å². The van der Waals surface area contributed by atoms with Crippen LogP contribution in [0.1, 0.15) is 17.5 Å². The number of aliphatic carboxylic acids is 1. The number of nitrogens with one attached hydrogen (secondary N) is 2. The first-order chi connectivity index (χ1) is 12.5. The van der Waals surface area contributed by atoms with Crippen LogP contribution in [0.4, 0.5) is 0 Å². The molecule has 6 heteroatoms. The number of carboxylic acid groups (broad SMARTS) is 1. The molecule has 0 radical (unpaired) electrons. The van der Waals surface area contributed by atoms with Gasteiger partial charge in [0.15, 0.2) is 0 Å². The van der Waals surface area contributed by atoms with E-state index in [1.807, 2.05) is 48.5 Å². The molecule has 26 heavy (non-hydrogen) atoms. The number of benzene rings is 2. The first-order valence-electron chi connectivity index (χ1n) is 8.48. The summed E-state index contributed by atoms with van der Waals surface area (Å²) < 4.78 is 0. The normalized spacial score (nSPS) is 18.1. The topological polar surface area (TPSA) is 95.5 Å². The summed E-state index contributed by atoms with van der Waals surface area (Å²) in [6, 6.07) is 14.5. The van der Waals surface area contributed by atoms with Gasteiger partial charge in [-0.25, -0.2) is 4.79 Å². The van der Waals surface area contributed by atoms with Crippen LogP contribution in [0.3, 0.4) is 0 Å². The summed E-state index contributed by atoms with van der Waals surface area (Å²) in [4.78, 5) is 35.4. The van der Waals surface area contributed by atoms with Gasteiger partial charge >= 0.3 is 5.97 Å². The molecule has 0 saturated carbocycles. The molecule has 1 aliphatic heterocycles. The van der Waals surface area contributed by atoms with E-state index in [2.05, 4.69) is 10.6 Å². The van der Waals surface area contributed by atoms with Gasteiger partial charge in [0, 0.05) is 12.8 Å². The van der Waals surface area contributed by atoms with Crippen molar-refractivity contribution in [2.45, 2.75) is 25.3 Å². The van der Waals surface area contributed by atoms with E-state index in [0.717, 1.165) is 22.3 Å². The van der Waals surface area contributed by atoms with Crippen LogP contribution < -0.4 is 10.6 Å². The van der Waals surface area contributed by atoms with Crippen molar-refractivity contribution in [1.82, 2.24) is 10.6 Å². The third-order valence-electron chi connectivity index (χ3n) is 4.35. The van der Waals surface area contributed by atoms with Gasteiger partial charge in [-0.15, -0.1) is 0 Å². The molecule has 6 nitrogen and oxygen atoms in total. The van der Waals surface area contributed by atoms with Crippen molar-refractivity contribution in [2.75, 3.05) is 6.54 Å². The molecular weight excluding hydrogens is 332 g/mol. The maximum atomic E-state index is 12.0. The first-order valence-corrected chi connectivity index (χ1v) is 8.48. The second-order valence-electron chi connectivity index (χ2n) is 6.34. The predicted molar refractivity (Wildman–Crippen MR) is 96.5 cm³/mol. The fourth-order valence-corrected chi connectivity index (χ4v) is 2.99. The number of fused-ring (bicyclic) bond motifs is 5. The lowest BCUT2D eigenvalue weighted by molar-refractivity contribution is -0.141. The summed E-state index contributed by atoms with van der Waals surface area (Å²) in [5.74, 6) is -1.87. The molecule has 0 aliphatic carbocycles. The van der Waals surface area contributed by atoms with Gasteiger partial charge in [-0.05, 0) is 28.7 Å². The minimum Gasteiger partial charge on any atom is -0.480 e. The SMILES string of the molecule is O=C1CCc2cccc(c2)-c2cccc(c2)CC(C(=O)O)NC(=O)CN1. The Morgan fingerprint density at radius 3 is 2.27 bits per heavy atom. The zero-order valence-corrected chi connectivity index (χ0v) is 14.2. The lowest BCUT2D eigenvalue weighted by Gasteiger charge is -2.15. The van der Waals surface area contributed by atoms with E-state index in [-0.39, 0.29) is 25.3 Å². The first kappa shape index (κ1) is 17.7. The molecule has 1 heterocycles. The molecule has 3 N–H and O–H groups in total. The fraction of sp³-hybridized carbons (Fsp3) is 0.250. The summed E-state index contributed by atoms with van der Waals surface area (Å²) in [6.45, 7) is -0.233. The van der Waals surface area contributed by atoms with Gasteiger partial charge in [0.1, 0.15) is 6.04 Å². The smallest absolute Gasteiger partial charge is 0.326 e. The standard InChI is InChI=1S/C20H20N2O4/c23-18-8-7-13-3-1-5-15(9-13)16-6-2-4-14(10-16)11-17(20(25)26)22-19(24)12-21-18/h1-6,9-10,17H,7-8,11-12H2,(H,21,23)(H,22,24)(H,25,26). The predicted octanol–water partition coefficient (Wildman–Crippen LogP) is 1.53. The molecule has 0 fully saturated rings. The van der Waals surface area contributed by atoms with Crippen LogP contribution in [0.5, 0.6) is 0 Å². The number of amides is 2. The van der Waals surface area contributed by atoms with Gasteiger partial charge in [0.25, 0.3) is 0 Å². The maximum absolute atomic E-state index is 12.0. The van der Waals surface area contributed by atoms with Crippen molar-refractivity contribution in [3.8, 4) is 11.1 Å². The molecule has 3 rings (SSSR count). The van der Waals surface area contributed by atoms with Crippen molar-refractivity contribution in [3.63, 3.8) is 0 Å². The van der Waals surface area contributed by atoms with Crippen molar-refractivity contribution in [2.24, 2.45) is 0 Å². The third kappa shape index (κ3) is 4.47. The number of carbonyl (C=O) groups is 3. The Morgan fingerprint density at radius 1 is 0.923 bits per heavy atom. The number of hydrogen-bond acceptors (Lipinski definition) is 3. The van der Waals surface area contributed by atoms with Crippen LogP contribution in [0.15, 0.2) is 48.5 Å². The number of hydrogen-bond donors (Lipinski definition) is 3. The molecule has 2 amide bonds. The van der Waals surface area contributed by atoms with Crippen LogP contribution >= 0.6 is 0 Å². The van der Waals surface area contributed by atoms with E-state index < -0.39 is 17.9 Å². The highest BCUT2D eigenvalue weighted by Gasteiger charge is 2.21. The van der Waals surface area contributed by atoms with Crippen LogP contribution in [-0.2, 0) is 27.2 Å². The molecule has 2 aromatic carbocycles. The molecule has 0 saturated heterocycles. The lowest BCUT2D eigenvalue weighted by Crippen LogP contribution is -2.46. The van der Waals surface area contributed by atoms with Gasteiger partial charge in [-0.1, -0.05) is 48.5 Å². The van der Waals surface area contributed by atoms with Crippen LogP contribution in [0.25, 0.3) is 11.1 Å². The summed E-state index contributed by atoms with van der Waals surface area (Å²) in [7, 11) is 0. The van der Waals surface area contributed by atoms with Gasteiger partial charge in [0.05, 0.1) is 6.54 Å². The second kappa shape index (κ2) is 7.82. The van der Waals surface area contributed by atoms with Crippen molar-refractivity contribution in [1.29, 1.82) is 0 Å². The average Bonchev–Trinajstić information content (AvgIpc) is 2.64. The molecule has 134 valence electrons. The Kier molecular flexibility index (Phi) is 5.31. The Morgan fingerprint density at radius 2 is 1.58 bits per heavy atom. The van der Waals surface area contributed by atoms with Crippen molar-refractivity contribution < 1.29 is 19.5 Å². The molecule has 0 spiro atoms. The highest BCUT2D eigenvalue weighted by molar-refractivity contribution is 5.88. The number of carboxylic acids is 1. The number of carbonyl (C=O) groups excluding carboxylic acids is 2. The van der Waals surface area contributed by atoms with Gasteiger partial charge in [0.2, 0.25) is 11.8 Å². The zero-order chi connectivity index (χ0) is 18.5. The largest absolute Gasteiger partial charge is 0.480 e. The van der Waals surface area contributed by atoms with Gasteiger partial charge in [-0.3, -0.25) is 9.59 Å². The summed E-state index contributed by atoms with van der Waals surface area (Å²) >= 11 is 0. The van der Waals surface area contributed by atoms with Gasteiger partial charge < -0.3 is 15.7 Å². The zero-order valence-electron chi connectivity index (χ0n) is 14.2. The van der Waals surface area contributed by atoms with Gasteiger partial charge in [-0.2, -0.15) is 0 Å².